The van der Waals surface area contributed by atoms with Crippen molar-refractivity contribution in [3.63, 3.8) is 0 Å². The first-order valence-corrected chi connectivity index (χ1v) is 16.0. The minimum Gasteiger partial charge on any atom is -0.508 e. The molecule has 0 saturated carbocycles. The van der Waals surface area contributed by atoms with Crippen molar-refractivity contribution < 1.29 is 63.6 Å². The lowest BCUT2D eigenvalue weighted by Crippen LogP contribution is -2.61. The zero-order valence-corrected chi connectivity index (χ0v) is 27.5. The second-order valence-electron chi connectivity index (χ2n) is 11.9. The molecule has 14 nitrogen and oxygen atoms in total. The van der Waals surface area contributed by atoms with E-state index in [1.54, 1.807) is 12.1 Å². The summed E-state index contributed by atoms with van der Waals surface area (Å²) in [6, 6.07) is 21.2. The zero-order chi connectivity index (χ0) is 37.6. The Morgan fingerprint density at radius 2 is 1.28 bits per heavy atom. The molecule has 1 saturated heterocycles. The zero-order valence-electron chi connectivity index (χ0n) is 27.5. The van der Waals surface area contributed by atoms with Gasteiger partial charge in [-0.05, 0) is 71.8 Å². The van der Waals surface area contributed by atoms with E-state index in [4.69, 9.17) is 23.4 Å². The number of phenolic OH excluding ortho intramolecular Hbond substituents is 4. The molecule has 6 rings (SSSR count). The van der Waals surface area contributed by atoms with Gasteiger partial charge in [0.2, 0.25) is 6.29 Å². The van der Waals surface area contributed by atoms with Gasteiger partial charge in [-0.1, -0.05) is 24.3 Å². The molecule has 0 aliphatic carbocycles. The number of aromatic hydroxyl groups is 4. The fraction of sp³-hybridized carbons (Fsp3) is 0.154. The minimum absolute atomic E-state index is 0.00246. The van der Waals surface area contributed by atoms with Crippen molar-refractivity contribution in [1.29, 1.82) is 0 Å². The standard InChI is InChI=1S/C39H32O14/c40-24-9-1-21(2-10-24)5-15-33(45)49-20-32-36(47)38(53-34(46)16-6-22-3-11-25(41)12-4-22)37(48)39(52-32)50-27-17-28(43)35-29(44)19-30(51-31(35)18-27)23-7-13-26(42)14-8-23/h1-19,32,36-43,47-48H,20H2. The summed E-state index contributed by atoms with van der Waals surface area (Å²) < 4.78 is 28.2. The Hall–Kier alpha value is -6.61. The van der Waals surface area contributed by atoms with Crippen LogP contribution in [0.25, 0.3) is 34.4 Å². The maximum Gasteiger partial charge on any atom is 0.331 e. The van der Waals surface area contributed by atoms with Gasteiger partial charge in [0, 0.05) is 35.9 Å². The predicted molar refractivity (Wildman–Crippen MR) is 188 cm³/mol. The topological polar surface area (TPSA) is 223 Å². The first-order valence-electron chi connectivity index (χ1n) is 16.0. The molecule has 1 aliphatic heterocycles. The summed E-state index contributed by atoms with van der Waals surface area (Å²) >= 11 is 0. The van der Waals surface area contributed by atoms with Crippen LogP contribution in [0.1, 0.15) is 11.1 Å². The molecule has 272 valence electrons. The molecular formula is C39H32O14. The smallest absolute Gasteiger partial charge is 0.331 e. The number of hydrogen-bond donors (Lipinski definition) is 6. The number of carbonyl (C=O) groups is 2. The van der Waals surface area contributed by atoms with E-state index in [1.165, 1.54) is 84.9 Å². The van der Waals surface area contributed by atoms with Crippen LogP contribution in [-0.2, 0) is 23.8 Å². The maximum atomic E-state index is 12.9. The molecule has 53 heavy (non-hydrogen) atoms. The summed E-state index contributed by atoms with van der Waals surface area (Å²) in [7, 11) is 0. The summed E-state index contributed by atoms with van der Waals surface area (Å²) in [6.07, 6.45) is -3.42. The van der Waals surface area contributed by atoms with Gasteiger partial charge in [-0.2, -0.15) is 0 Å². The Labute approximate surface area is 300 Å². The maximum absolute atomic E-state index is 12.9. The number of hydrogen-bond acceptors (Lipinski definition) is 14. The number of ether oxygens (including phenoxy) is 4. The predicted octanol–water partition coefficient (Wildman–Crippen LogP) is 3.99. The number of phenols is 4. The number of rotatable bonds is 10. The van der Waals surface area contributed by atoms with Gasteiger partial charge in [0.05, 0.1) is 0 Å². The van der Waals surface area contributed by atoms with E-state index in [2.05, 4.69) is 0 Å². The highest BCUT2D eigenvalue weighted by molar-refractivity contribution is 5.88. The van der Waals surface area contributed by atoms with Crippen molar-refractivity contribution in [1.82, 2.24) is 0 Å². The molecular weight excluding hydrogens is 692 g/mol. The molecule has 4 aromatic carbocycles. The number of aliphatic hydroxyl groups excluding tert-OH is 2. The van der Waals surface area contributed by atoms with Gasteiger partial charge < -0.3 is 54.0 Å². The Morgan fingerprint density at radius 1 is 0.717 bits per heavy atom. The summed E-state index contributed by atoms with van der Waals surface area (Å²) in [4.78, 5) is 38.3. The number of aliphatic hydroxyl groups is 2. The van der Waals surface area contributed by atoms with Crippen LogP contribution in [0.15, 0.2) is 112 Å². The lowest BCUT2D eigenvalue weighted by molar-refractivity contribution is -0.281. The molecule has 0 radical (unpaired) electrons. The number of esters is 2. The fourth-order valence-corrected chi connectivity index (χ4v) is 5.38. The Balaban J connectivity index is 1.24. The highest BCUT2D eigenvalue weighted by Crippen LogP contribution is 2.34. The Kier molecular flexibility index (Phi) is 10.7. The third-order valence-electron chi connectivity index (χ3n) is 8.08. The van der Waals surface area contributed by atoms with E-state index in [0.29, 0.717) is 16.7 Å². The van der Waals surface area contributed by atoms with Crippen molar-refractivity contribution in [2.45, 2.75) is 30.7 Å². The molecule has 1 aromatic heterocycles. The first kappa shape index (κ1) is 36.2. The van der Waals surface area contributed by atoms with E-state index in [-0.39, 0.29) is 39.7 Å². The van der Waals surface area contributed by atoms with E-state index in [1.807, 2.05) is 0 Å². The molecule has 5 aromatic rings. The van der Waals surface area contributed by atoms with Crippen molar-refractivity contribution in [2.75, 3.05) is 6.61 Å². The first-order chi connectivity index (χ1) is 25.4. The molecule has 1 fully saturated rings. The fourth-order valence-electron chi connectivity index (χ4n) is 5.38. The van der Waals surface area contributed by atoms with Gasteiger partial charge in [0.1, 0.15) is 64.3 Å². The highest BCUT2D eigenvalue weighted by Gasteiger charge is 2.48. The summed E-state index contributed by atoms with van der Waals surface area (Å²) in [5.74, 6) is -2.31. The molecule has 5 unspecified atom stereocenters. The second kappa shape index (κ2) is 15.7. The minimum atomic E-state index is -1.84. The molecule has 0 amide bonds. The third-order valence-corrected chi connectivity index (χ3v) is 8.08. The summed E-state index contributed by atoms with van der Waals surface area (Å²) in [6.45, 7) is -0.586. The van der Waals surface area contributed by atoms with E-state index < -0.39 is 60.4 Å². The van der Waals surface area contributed by atoms with Crippen molar-refractivity contribution in [3.8, 4) is 40.1 Å². The van der Waals surface area contributed by atoms with Crippen LogP contribution < -0.4 is 10.2 Å². The molecule has 0 bridgehead atoms. The van der Waals surface area contributed by atoms with Gasteiger partial charge in [-0.25, -0.2) is 9.59 Å². The second-order valence-corrected chi connectivity index (χ2v) is 11.9. The lowest BCUT2D eigenvalue weighted by atomic mass is 9.99. The number of fused-ring (bicyclic) bond motifs is 1. The van der Waals surface area contributed by atoms with Crippen molar-refractivity contribution in [2.24, 2.45) is 0 Å². The molecule has 5 atom stereocenters. The van der Waals surface area contributed by atoms with Crippen LogP contribution in [0.4, 0.5) is 0 Å². The van der Waals surface area contributed by atoms with Gasteiger partial charge in [0.25, 0.3) is 0 Å². The van der Waals surface area contributed by atoms with E-state index in [9.17, 15) is 45.0 Å². The van der Waals surface area contributed by atoms with Crippen LogP contribution in [0.3, 0.4) is 0 Å². The molecule has 14 heteroatoms. The van der Waals surface area contributed by atoms with Crippen LogP contribution in [0.5, 0.6) is 28.7 Å². The number of carbonyl (C=O) groups excluding carboxylic acids is 2. The average molecular weight is 725 g/mol. The molecule has 2 heterocycles. The summed E-state index contributed by atoms with van der Waals surface area (Å²) in [5.41, 5.74) is 0.892. The largest absolute Gasteiger partial charge is 0.508 e. The highest BCUT2D eigenvalue weighted by atomic mass is 16.7. The summed E-state index contributed by atoms with van der Waals surface area (Å²) in [5, 5.41) is 61.6. The van der Waals surface area contributed by atoms with Crippen LogP contribution >= 0.6 is 0 Å². The third kappa shape index (κ3) is 8.83. The molecule has 6 N–H and O–H groups in total. The van der Waals surface area contributed by atoms with Crippen LogP contribution in [0, 0.1) is 0 Å². The normalized spacial score (nSPS) is 20.1. The van der Waals surface area contributed by atoms with Crippen molar-refractivity contribution >= 4 is 35.1 Å². The van der Waals surface area contributed by atoms with Crippen molar-refractivity contribution in [3.05, 3.63) is 124 Å². The van der Waals surface area contributed by atoms with Crippen LogP contribution in [0.2, 0.25) is 0 Å². The van der Waals surface area contributed by atoms with E-state index in [0.717, 1.165) is 18.2 Å². The number of benzene rings is 4. The van der Waals surface area contributed by atoms with Gasteiger partial charge in [-0.3, -0.25) is 4.79 Å². The van der Waals surface area contributed by atoms with E-state index >= 15 is 0 Å². The van der Waals surface area contributed by atoms with Gasteiger partial charge >= 0.3 is 11.9 Å². The van der Waals surface area contributed by atoms with Crippen LogP contribution in [-0.4, -0.2) is 79.9 Å². The SMILES string of the molecule is O=C(C=Cc1ccc(O)cc1)OCC1OC(Oc2cc(O)c3c(=O)cc(-c4ccc(O)cc4)oc3c2)C(O)C(OC(=O)C=Cc2ccc(O)cc2)C1O. The quantitative estimate of drug-likeness (QED) is 0.0886. The Bertz CT molecular complexity index is 2210. The average Bonchev–Trinajstić information content (AvgIpc) is 3.13. The van der Waals surface area contributed by atoms with Gasteiger partial charge in [0.15, 0.2) is 17.6 Å². The molecule has 1 aliphatic rings. The lowest BCUT2D eigenvalue weighted by Gasteiger charge is -2.41. The molecule has 0 spiro atoms. The monoisotopic (exact) mass is 724 g/mol. The van der Waals surface area contributed by atoms with Gasteiger partial charge in [-0.15, -0.1) is 0 Å². The Morgan fingerprint density at radius 3 is 1.89 bits per heavy atom.